The maximum Gasteiger partial charge on any atom is 0.350 e. The van der Waals surface area contributed by atoms with Crippen molar-refractivity contribution in [2.45, 2.75) is 18.9 Å². The number of urea groups is 1. The van der Waals surface area contributed by atoms with Gasteiger partial charge in [-0.3, -0.25) is 14.5 Å². The maximum absolute atomic E-state index is 13.6. The molecule has 1 aliphatic carbocycles. The molecule has 3 aliphatic rings. The molecule has 3 heterocycles. The highest BCUT2D eigenvalue weighted by atomic mass is 19.1. The highest BCUT2D eigenvalue weighted by Crippen LogP contribution is 2.28. The number of hydrogen-bond donors (Lipinski definition) is 0. The minimum atomic E-state index is -0.878. The number of aromatic nitrogens is 1. The Morgan fingerprint density at radius 3 is 2.72 bits per heavy atom. The predicted octanol–water partition coefficient (Wildman–Crippen LogP) is 2.14. The first-order chi connectivity index (χ1) is 14.0. The first-order valence-electron chi connectivity index (χ1n) is 9.29. The number of carbonyl (C=O) groups excluding carboxylic acids is 3. The van der Waals surface area contributed by atoms with E-state index in [0.717, 1.165) is 4.90 Å². The zero-order valence-corrected chi connectivity index (χ0v) is 15.7. The standard InChI is InChI=1S/C20H19FN4O4/c1-29-17-14(3-2-8-22-17)18(26)24-9-6-13(7-10-24)25-19(27)15-11-12(21)4-5-16(15)23-20(25)28/h2-5,8,11,13,15H,6-7,9-10H2,1H3. The van der Waals surface area contributed by atoms with E-state index in [1.54, 1.807) is 23.2 Å². The number of fused-ring (bicyclic) bond motifs is 1. The van der Waals surface area contributed by atoms with E-state index in [4.69, 9.17) is 4.74 Å². The van der Waals surface area contributed by atoms with Gasteiger partial charge in [-0.1, -0.05) is 0 Å². The van der Waals surface area contributed by atoms with E-state index in [1.807, 2.05) is 0 Å². The number of ether oxygens (including phenoxy) is 1. The van der Waals surface area contributed by atoms with Crippen LogP contribution in [0.25, 0.3) is 0 Å². The SMILES string of the molecule is COc1ncccc1C(=O)N1CCC(N2C(=O)N=C3C=CC(F)=CC3C2=O)CC1. The van der Waals surface area contributed by atoms with Crippen LogP contribution in [-0.4, -0.2) is 64.6 Å². The Morgan fingerprint density at radius 2 is 2.00 bits per heavy atom. The summed E-state index contributed by atoms with van der Waals surface area (Å²) in [7, 11) is 1.45. The maximum atomic E-state index is 13.6. The summed E-state index contributed by atoms with van der Waals surface area (Å²) in [5.41, 5.74) is 0.622. The fourth-order valence-electron chi connectivity index (χ4n) is 3.83. The average molecular weight is 398 g/mol. The number of rotatable bonds is 3. The van der Waals surface area contributed by atoms with Crippen LogP contribution in [0.3, 0.4) is 0 Å². The summed E-state index contributed by atoms with van der Waals surface area (Å²) >= 11 is 0. The molecule has 1 saturated heterocycles. The third kappa shape index (κ3) is 3.43. The zero-order valence-electron chi connectivity index (χ0n) is 15.7. The second-order valence-corrected chi connectivity index (χ2v) is 6.97. The topological polar surface area (TPSA) is 92.2 Å². The van der Waals surface area contributed by atoms with Crippen molar-refractivity contribution < 1.29 is 23.5 Å². The summed E-state index contributed by atoms with van der Waals surface area (Å²) in [6.07, 6.45) is 6.10. The van der Waals surface area contributed by atoms with Gasteiger partial charge in [-0.2, -0.15) is 4.99 Å². The molecule has 1 aromatic rings. The van der Waals surface area contributed by atoms with Crippen LogP contribution in [0, 0.1) is 5.92 Å². The van der Waals surface area contributed by atoms with Crippen LogP contribution in [0.5, 0.6) is 5.88 Å². The lowest BCUT2D eigenvalue weighted by molar-refractivity contribution is -0.131. The lowest BCUT2D eigenvalue weighted by Gasteiger charge is -2.39. The molecular weight excluding hydrogens is 379 g/mol. The Hall–Kier alpha value is -3.36. The molecule has 1 unspecified atom stereocenters. The van der Waals surface area contributed by atoms with Crippen molar-refractivity contribution in [3.63, 3.8) is 0 Å². The normalized spacial score (nSPS) is 22.2. The van der Waals surface area contributed by atoms with Crippen LogP contribution >= 0.6 is 0 Å². The molecule has 9 heteroatoms. The molecule has 29 heavy (non-hydrogen) atoms. The summed E-state index contributed by atoms with van der Waals surface area (Å²) in [6, 6.07) is 2.28. The van der Waals surface area contributed by atoms with Gasteiger partial charge >= 0.3 is 6.03 Å². The second-order valence-electron chi connectivity index (χ2n) is 6.97. The largest absolute Gasteiger partial charge is 0.480 e. The smallest absolute Gasteiger partial charge is 0.350 e. The van der Waals surface area contributed by atoms with Crippen molar-refractivity contribution in [1.29, 1.82) is 0 Å². The Kier molecular flexibility index (Phi) is 4.96. The van der Waals surface area contributed by atoms with Crippen LogP contribution < -0.4 is 4.74 Å². The van der Waals surface area contributed by atoms with Gasteiger partial charge in [0.15, 0.2) is 0 Å². The number of hydrogen-bond acceptors (Lipinski definition) is 5. The number of allylic oxidation sites excluding steroid dienone is 3. The summed E-state index contributed by atoms with van der Waals surface area (Å²) in [5, 5.41) is 0. The van der Waals surface area contributed by atoms with Crippen molar-refractivity contribution in [2.75, 3.05) is 20.2 Å². The van der Waals surface area contributed by atoms with E-state index in [-0.39, 0.29) is 23.5 Å². The number of nitrogens with zero attached hydrogens (tertiary/aromatic N) is 4. The van der Waals surface area contributed by atoms with Crippen molar-refractivity contribution in [2.24, 2.45) is 10.9 Å². The molecule has 0 saturated carbocycles. The lowest BCUT2D eigenvalue weighted by Crippen LogP contribution is -2.54. The Bertz CT molecular complexity index is 963. The molecular formula is C20H19FN4O4. The fraction of sp³-hybridized carbons (Fsp3) is 0.350. The predicted molar refractivity (Wildman–Crippen MR) is 101 cm³/mol. The van der Waals surface area contributed by atoms with Gasteiger partial charge in [-0.25, -0.2) is 14.2 Å². The number of amides is 4. The number of halogens is 1. The molecule has 1 aromatic heterocycles. The zero-order chi connectivity index (χ0) is 20.5. The monoisotopic (exact) mass is 398 g/mol. The summed E-state index contributed by atoms with van der Waals surface area (Å²) in [5.74, 6) is -1.84. The lowest BCUT2D eigenvalue weighted by atomic mass is 9.92. The number of likely N-dealkylation sites (tertiary alicyclic amines) is 1. The van der Waals surface area contributed by atoms with Gasteiger partial charge in [0.05, 0.1) is 12.8 Å². The van der Waals surface area contributed by atoms with Crippen LogP contribution in [0.2, 0.25) is 0 Å². The molecule has 0 bridgehead atoms. The van der Waals surface area contributed by atoms with E-state index in [0.29, 0.717) is 31.5 Å². The van der Waals surface area contributed by atoms with Crippen LogP contribution in [0.1, 0.15) is 23.2 Å². The van der Waals surface area contributed by atoms with E-state index in [1.165, 1.54) is 25.3 Å². The van der Waals surface area contributed by atoms with Crippen LogP contribution in [-0.2, 0) is 4.79 Å². The van der Waals surface area contributed by atoms with E-state index >= 15 is 0 Å². The summed E-state index contributed by atoms with van der Waals surface area (Å²) in [4.78, 5) is 48.8. The molecule has 2 aliphatic heterocycles. The Labute approximate surface area is 166 Å². The van der Waals surface area contributed by atoms with E-state index in [9.17, 15) is 18.8 Å². The van der Waals surface area contributed by atoms with Crippen LogP contribution in [0.15, 0.2) is 47.4 Å². The van der Waals surface area contributed by atoms with E-state index < -0.39 is 23.7 Å². The Morgan fingerprint density at radius 1 is 1.24 bits per heavy atom. The first kappa shape index (κ1) is 19.0. The van der Waals surface area contributed by atoms with Crippen molar-refractivity contribution >= 4 is 23.6 Å². The highest BCUT2D eigenvalue weighted by Gasteiger charge is 2.41. The van der Waals surface area contributed by atoms with Gasteiger partial charge in [-0.15, -0.1) is 0 Å². The third-order valence-electron chi connectivity index (χ3n) is 5.30. The quantitative estimate of drug-likeness (QED) is 0.778. The third-order valence-corrected chi connectivity index (χ3v) is 5.30. The Balaban J connectivity index is 1.47. The van der Waals surface area contributed by atoms with Gasteiger partial charge in [-0.05, 0) is 43.2 Å². The molecule has 4 rings (SSSR count). The minimum Gasteiger partial charge on any atom is -0.480 e. The number of imide groups is 1. The number of aliphatic imine (C=N–C) groups is 1. The molecule has 0 spiro atoms. The molecule has 1 atom stereocenters. The molecule has 4 amide bonds. The fourth-order valence-corrected chi connectivity index (χ4v) is 3.83. The molecule has 1 fully saturated rings. The van der Waals surface area contributed by atoms with Crippen molar-refractivity contribution in [3.05, 3.63) is 47.9 Å². The molecule has 0 N–H and O–H groups in total. The minimum absolute atomic E-state index is 0.215. The highest BCUT2D eigenvalue weighted by molar-refractivity contribution is 6.22. The number of pyridine rings is 1. The van der Waals surface area contributed by atoms with Gasteiger partial charge in [0.25, 0.3) is 5.91 Å². The molecule has 8 nitrogen and oxygen atoms in total. The summed E-state index contributed by atoms with van der Waals surface area (Å²) in [6.45, 7) is 0.730. The van der Waals surface area contributed by atoms with Gasteiger partial charge in [0.1, 0.15) is 17.3 Å². The van der Waals surface area contributed by atoms with Gasteiger partial charge in [0, 0.05) is 25.3 Å². The van der Waals surface area contributed by atoms with Crippen LogP contribution in [0.4, 0.5) is 9.18 Å². The summed E-state index contributed by atoms with van der Waals surface area (Å²) < 4.78 is 18.7. The van der Waals surface area contributed by atoms with E-state index in [2.05, 4.69) is 9.98 Å². The van der Waals surface area contributed by atoms with Gasteiger partial charge < -0.3 is 9.64 Å². The average Bonchev–Trinajstić information content (AvgIpc) is 2.74. The first-order valence-corrected chi connectivity index (χ1v) is 9.29. The van der Waals surface area contributed by atoms with Crippen molar-refractivity contribution in [1.82, 2.24) is 14.8 Å². The number of piperidine rings is 1. The number of carbonyl (C=O) groups is 3. The molecule has 150 valence electrons. The number of methoxy groups -OCH3 is 1. The molecule has 0 aromatic carbocycles. The second kappa shape index (κ2) is 7.57. The van der Waals surface area contributed by atoms with Crippen molar-refractivity contribution in [3.8, 4) is 5.88 Å². The molecule has 0 radical (unpaired) electrons. The van der Waals surface area contributed by atoms with Gasteiger partial charge in [0.2, 0.25) is 11.8 Å².